The number of methoxy groups -OCH3 is 1. The Morgan fingerprint density at radius 1 is 1.13 bits per heavy atom. The van der Waals surface area contributed by atoms with Crippen molar-refractivity contribution in [1.82, 2.24) is 0 Å². The number of anilines is 1. The summed E-state index contributed by atoms with van der Waals surface area (Å²) in [6.07, 6.45) is -1.01. The number of hydrogen-bond acceptors (Lipinski definition) is 6. The van der Waals surface area contributed by atoms with Gasteiger partial charge in [0, 0.05) is 13.2 Å². The van der Waals surface area contributed by atoms with Gasteiger partial charge in [0.25, 0.3) is 0 Å². The molecule has 1 rings (SSSR count). The molecular formula is C14H17F2NO6. The van der Waals surface area contributed by atoms with Crippen LogP contribution < -0.4 is 10.1 Å². The zero-order chi connectivity index (χ0) is 17.4. The molecule has 0 aliphatic heterocycles. The fraction of sp³-hybridized carbons (Fsp3) is 0.429. The molecule has 0 aliphatic rings. The number of amides is 1. The van der Waals surface area contributed by atoms with E-state index in [4.69, 9.17) is 9.47 Å². The van der Waals surface area contributed by atoms with Crippen molar-refractivity contribution >= 4 is 17.7 Å². The van der Waals surface area contributed by atoms with E-state index in [1.54, 1.807) is 6.92 Å². The summed E-state index contributed by atoms with van der Waals surface area (Å²) >= 11 is 0. The second kappa shape index (κ2) is 8.89. The van der Waals surface area contributed by atoms with Gasteiger partial charge in [0.15, 0.2) is 24.2 Å². The Labute approximate surface area is 131 Å². The fourth-order valence-corrected chi connectivity index (χ4v) is 1.65. The van der Waals surface area contributed by atoms with Crippen LogP contribution >= 0.6 is 0 Å². The molecule has 0 spiro atoms. The summed E-state index contributed by atoms with van der Waals surface area (Å²) in [5.74, 6) is -3.98. The number of carbonyl (C=O) groups is 2. The molecule has 0 aromatic heterocycles. The molecule has 0 fully saturated rings. The van der Waals surface area contributed by atoms with E-state index in [-0.39, 0.29) is 13.2 Å². The number of benzene rings is 1. The van der Waals surface area contributed by atoms with Crippen LogP contribution in [0.25, 0.3) is 0 Å². The number of esters is 1. The fourth-order valence-electron chi connectivity index (χ4n) is 1.65. The van der Waals surface area contributed by atoms with Crippen molar-refractivity contribution < 1.29 is 37.3 Å². The summed E-state index contributed by atoms with van der Waals surface area (Å²) in [5, 5.41) is 2.04. The summed E-state index contributed by atoms with van der Waals surface area (Å²) in [5.41, 5.74) is -1.20. The summed E-state index contributed by atoms with van der Waals surface area (Å²) in [6.45, 7) is 2.64. The third-order valence-electron chi connectivity index (χ3n) is 2.49. The summed E-state index contributed by atoms with van der Waals surface area (Å²) in [7, 11) is 1.28. The van der Waals surface area contributed by atoms with Crippen molar-refractivity contribution in [3.63, 3.8) is 0 Å². The lowest BCUT2D eigenvalue weighted by molar-refractivity contribution is 0.0418. The van der Waals surface area contributed by atoms with Crippen LogP contribution in [0, 0.1) is 11.6 Å². The third kappa shape index (κ3) is 4.78. The van der Waals surface area contributed by atoms with E-state index in [2.05, 4.69) is 9.47 Å². The van der Waals surface area contributed by atoms with Crippen LogP contribution in [0.4, 0.5) is 19.3 Å². The van der Waals surface area contributed by atoms with Gasteiger partial charge in [0.05, 0.1) is 18.9 Å². The first kappa shape index (κ1) is 18.6. The molecule has 23 heavy (non-hydrogen) atoms. The van der Waals surface area contributed by atoms with Crippen molar-refractivity contribution in [3.05, 3.63) is 23.3 Å². The van der Waals surface area contributed by atoms with Gasteiger partial charge in [-0.2, -0.15) is 0 Å². The molecule has 1 aromatic carbocycles. The average Bonchev–Trinajstić information content (AvgIpc) is 2.49. The highest BCUT2D eigenvalue weighted by atomic mass is 19.1. The highest BCUT2D eigenvalue weighted by molar-refractivity contribution is 6.02. The Bertz CT molecular complexity index is 579. The molecule has 1 amide bonds. The molecule has 0 radical (unpaired) electrons. The van der Waals surface area contributed by atoms with E-state index in [0.29, 0.717) is 6.07 Å². The minimum Gasteiger partial charge on any atom is -0.463 e. The van der Waals surface area contributed by atoms with Gasteiger partial charge in [-0.25, -0.2) is 18.4 Å². The Morgan fingerprint density at radius 3 is 2.35 bits per heavy atom. The normalized spacial score (nSPS) is 10.1. The van der Waals surface area contributed by atoms with Gasteiger partial charge in [-0.3, -0.25) is 5.32 Å². The molecule has 0 bridgehead atoms. The van der Waals surface area contributed by atoms with E-state index < -0.39 is 47.5 Å². The van der Waals surface area contributed by atoms with E-state index in [9.17, 15) is 18.4 Å². The van der Waals surface area contributed by atoms with Crippen LogP contribution in [0.5, 0.6) is 5.75 Å². The minimum atomic E-state index is -1.18. The second-order valence-electron chi connectivity index (χ2n) is 4.04. The number of rotatable bonds is 7. The molecule has 1 N–H and O–H groups in total. The van der Waals surface area contributed by atoms with Gasteiger partial charge < -0.3 is 18.9 Å². The summed E-state index contributed by atoms with van der Waals surface area (Å²) in [6, 6.07) is 0.468. The lowest BCUT2D eigenvalue weighted by atomic mass is 10.1. The Morgan fingerprint density at radius 2 is 1.78 bits per heavy atom. The molecular weight excluding hydrogens is 316 g/mol. The first-order valence-electron chi connectivity index (χ1n) is 6.70. The molecule has 0 aliphatic carbocycles. The molecule has 0 atom stereocenters. The largest absolute Gasteiger partial charge is 0.463 e. The molecule has 7 nitrogen and oxygen atoms in total. The number of hydrogen-bond donors (Lipinski definition) is 1. The SMILES string of the molecule is CCOC(=O)Nc1c(F)cc(F)c(OCOC)c1C(=O)OCC. The topological polar surface area (TPSA) is 83.1 Å². The van der Waals surface area contributed by atoms with Gasteiger partial charge in [-0.05, 0) is 13.8 Å². The summed E-state index contributed by atoms with van der Waals surface area (Å²) in [4.78, 5) is 23.5. The number of carbonyl (C=O) groups excluding carboxylic acids is 2. The van der Waals surface area contributed by atoms with Gasteiger partial charge in [0.1, 0.15) is 5.56 Å². The third-order valence-corrected chi connectivity index (χ3v) is 2.49. The van der Waals surface area contributed by atoms with Crippen molar-refractivity contribution in [2.45, 2.75) is 13.8 Å². The van der Waals surface area contributed by atoms with Crippen LogP contribution in [0.2, 0.25) is 0 Å². The predicted octanol–water partition coefficient (Wildman–Crippen LogP) is 2.69. The maximum atomic E-state index is 14.0. The summed E-state index contributed by atoms with van der Waals surface area (Å²) < 4.78 is 46.9. The molecule has 0 heterocycles. The maximum absolute atomic E-state index is 14.0. The lowest BCUT2D eigenvalue weighted by Crippen LogP contribution is -2.20. The first-order chi connectivity index (χ1) is 11.0. The zero-order valence-electron chi connectivity index (χ0n) is 12.9. The number of halogens is 2. The molecule has 9 heteroatoms. The maximum Gasteiger partial charge on any atom is 0.411 e. The van der Waals surface area contributed by atoms with Crippen LogP contribution in [-0.4, -0.2) is 39.2 Å². The van der Waals surface area contributed by atoms with Crippen LogP contribution in [0.3, 0.4) is 0 Å². The predicted molar refractivity (Wildman–Crippen MR) is 75.5 cm³/mol. The van der Waals surface area contributed by atoms with E-state index in [0.717, 1.165) is 0 Å². The average molecular weight is 333 g/mol. The first-order valence-corrected chi connectivity index (χ1v) is 6.70. The van der Waals surface area contributed by atoms with Gasteiger partial charge in [-0.15, -0.1) is 0 Å². The standard InChI is InChI=1S/C14H17F2NO6/c1-4-21-13(18)10-11(17-14(19)22-5-2)8(15)6-9(16)12(10)23-7-20-3/h6H,4-5,7H2,1-3H3,(H,17,19). The Kier molecular flexibility index (Phi) is 7.20. The van der Waals surface area contributed by atoms with Crippen LogP contribution in [0.1, 0.15) is 24.2 Å². The highest BCUT2D eigenvalue weighted by Crippen LogP contribution is 2.33. The van der Waals surface area contributed by atoms with E-state index in [1.807, 2.05) is 5.32 Å². The molecule has 1 aromatic rings. The van der Waals surface area contributed by atoms with Crippen molar-refractivity contribution in [1.29, 1.82) is 0 Å². The quantitative estimate of drug-likeness (QED) is 0.610. The van der Waals surface area contributed by atoms with Gasteiger partial charge >= 0.3 is 12.1 Å². The zero-order valence-corrected chi connectivity index (χ0v) is 12.9. The molecule has 0 saturated heterocycles. The van der Waals surface area contributed by atoms with Crippen LogP contribution in [0.15, 0.2) is 6.07 Å². The van der Waals surface area contributed by atoms with Crippen LogP contribution in [-0.2, 0) is 14.2 Å². The Balaban J connectivity index is 3.39. The van der Waals surface area contributed by atoms with Crippen molar-refractivity contribution in [2.24, 2.45) is 0 Å². The van der Waals surface area contributed by atoms with Gasteiger partial charge in [-0.1, -0.05) is 0 Å². The van der Waals surface area contributed by atoms with Crippen molar-refractivity contribution in [3.8, 4) is 5.75 Å². The van der Waals surface area contributed by atoms with Crippen molar-refractivity contribution in [2.75, 3.05) is 32.4 Å². The number of nitrogens with one attached hydrogen (secondary N) is 1. The lowest BCUT2D eigenvalue weighted by Gasteiger charge is -2.16. The smallest absolute Gasteiger partial charge is 0.411 e. The molecule has 128 valence electrons. The Hall–Kier alpha value is -2.42. The highest BCUT2D eigenvalue weighted by Gasteiger charge is 2.28. The minimum absolute atomic E-state index is 0.0242. The van der Waals surface area contributed by atoms with E-state index >= 15 is 0 Å². The monoisotopic (exact) mass is 333 g/mol. The second-order valence-corrected chi connectivity index (χ2v) is 4.04. The molecule has 0 saturated carbocycles. The molecule has 0 unspecified atom stereocenters. The number of ether oxygens (including phenoxy) is 4. The van der Waals surface area contributed by atoms with E-state index in [1.165, 1.54) is 14.0 Å². The van der Waals surface area contributed by atoms with Gasteiger partial charge in [0.2, 0.25) is 0 Å².